The van der Waals surface area contributed by atoms with E-state index in [2.05, 4.69) is 15.0 Å². The number of oxazole rings is 1. The number of benzene rings is 1. The van der Waals surface area contributed by atoms with E-state index in [1.54, 1.807) is 20.8 Å². The highest BCUT2D eigenvalue weighted by Gasteiger charge is 2.20. The summed E-state index contributed by atoms with van der Waals surface area (Å²) in [6, 6.07) is 4.33. The van der Waals surface area contributed by atoms with E-state index in [-0.39, 0.29) is 28.9 Å². The van der Waals surface area contributed by atoms with E-state index in [4.69, 9.17) is 9.15 Å². The molecule has 0 aliphatic rings. The number of rotatable bonds is 6. The first-order valence-corrected chi connectivity index (χ1v) is 9.71. The van der Waals surface area contributed by atoms with E-state index in [1.165, 1.54) is 25.3 Å². The molecule has 0 radical (unpaired) electrons. The number of aryl methyl sites for hydroxylation is 1. The molecule has 1 aromatic carbocycles. The van der Waals surface area contributed by atoms with E-state index in [9.17, 15) is 19.2 Å². The minimum absolute atomic E-state index is 0.152. The summed E-state index contributed by atoms with van der Waals surface area (Å²) >= 11 is 0.986. The second-order valence-electron chi connectivity index (χ2n) is 6.56. The number of anilines is 1. The molecule has 158 valence electrons. The predicted molar refractivity (Wildman–Crippen MR) is 108 cm³/mol. The first kappa shape index (κ1) is 21.2. The molecule has 0 bridgehead atoms. The van der Waals surface area contributed by atoms with Crippen molar-refractivity contribution in [3.05, 3.63) is 44.9 Å². The Morgan fingerprint density at radius 3 is 2.67 bits per heavy atom. The smallest absolute Gasteiger partial charge is 0.420 e. The Bertz CT molecular complexity index is 1190. The Kier molecular flexibility index (Phi) is 6.01. The number of ether oxygens (including phenoxy) is 2. The molecular formula is C19H19N3O7S. The van der Waals surface area contributed by atoms with E-state index >= 15 is 0 Å². The van der Waals surface area contributed by atoms with Crippen LogP contribution in [-0.2, 0) is 20.8 Å². The molecule has 30 heavy (non-hydrogen) atoms. The SMILES string of the molecule is COC(=O)c1ccc2c(c1)oc(=O)n2CC(=O)Nc1nc(C)c(C(=O)OC(C)C)s1. The number of hydrogen-bond donors (Lipinski definition) is 1. The lowest BCUT2D eigenvalue weighted by atomic mass is 10.2. The quantitative estimate of drug-likeness (QED) is 0.587. The lowest BCUT2D eigenvalue weighted by molar-refractivity contribution is -0.116. The van der Waals surface area contributed by atoms with Crippen LogP contribution in [0.4, 0.5) is 5.13 Å². The first-order valence-electron chi connectivity index (χ1n) is 8.89. The largest absolute Gasteiger partial charge is 0.465 e. The van der Waals surface area contributed by atoms with Gasteiger partial charge in [0, 0.05) is 0 Å². The second-order valence-corrected chi connectivity index (χ2v) is 7.56. The third kappa shape index (κ3) is 4.40. The molecule has 1 N–H and O–H groups in total. The fourth-order valence-electron chi connectivity index (χ4n) is 2.67. The van der Waals surface area contributed by atoms with Crippen LogP contribution in [0.2, 0.25) is 0 Å². The molecule has 11 heteroatoms. The first-order chi connectivity index (χ1) is 14.2. The molecule has 10 nitrogen and oxygen atoms in total. The molecule has 0 aliphatic carbocycles. The summed E-state index contributed by atoms with van der Waals surface area (Å²) in [4.78, 5) is 52.7. The van der Waals surface area contributed by atoms with E-state index in [0.717, 1.165) is 15.9 Å². The van der Waals surface area contributed by atoms with Gasteiger partial charge in [-0.1, -0.05) is 11.3 Å². The molecule has 1 amide bonds. The highest BCUT2D eigenvalue weighted by Crippen LogP contribution is 2.24. The van der Waals surface area contributed by atoms with Crippen LogP contribution in [0.3, 0.4) is 0 Å². The van der Waals surface area contributed by atoms with Crippen molar-refractivity contribution < 1.29 is 28.3 Å². The number of carbonyl (C=O) groups is 3. The van der Waals surface area contributed by atoms with Gasteiger partial charge in [0.15, 0.2) is 10.7 Å². The zero-order chi connectivity index (χ0) is 22.0. The summed E-state index contributed by atoms with van der Waals surface area (Å²) in [6.45, 7) is 4.76. The van der Waals surface area contributed by atoms with E-state index in [1.807, 2.05) is 0 Å². The third-order valence-electron chi connectivity index (χ3n) is 3.96. The number of aromatic nitrogens is 2. The van der Waals surface area contributed by atoms with Gasteiger partial charge in [-0.15, -0.1) is 0 Å². The number of fused-ring (bicyclic) bond motifs is 1. The van der Waals surface area contributed by atoms with Crippen LogP contribution >= 0.6 is 11.3 Å². The average Bonchev–Trinajstić information content (AvgIpc) is 3.19. The van der Waals surface area contributed by atoms with Gasteiger partial charge < -0.3 is 19.2 Å². The fourth-order valence-corrected chi connectivity index (χ4v) is 3.54. The van der Waals surface area contributed by atoms with E-state index in [0.29, 0.717) is 16.1 Å². The molecule has 0 fully saturated rings. The van der Waals surface area contributed by atoms with Crippen LogP contribution in [-0.4, -0.2) is 40.6 Å². The molecule has 0 unspecified atom stereocenters. The maximum atomic E-state index is 12.4. The molecule has 3 aromatic rings. The number of methoxy groups -OCH3 is 1. The summed E-state index contributed by atoms with van der Waals surface area (Å²) in [5.41, 5.74) is 1.15. The van der Waals surface area contributed by atoms with Gasteiger partial charge in [0.1, 0.15) is 11.4 Å². The highest BCUT2D eigenvalue weighted by molar-refractivity contribution is 7.17. The van der Waals surface area contributed by atoms with Crippen LogP contribution in [0.1, 0.15) is 39.6 Å². The molecule has 2 aromatic heterocycles. The summed E-state index contributed by atoms with van der Waals surface area (Å²) in [6.07, 6.45) is -0.280. The van der Waals surface area contributed by atoms with Gasteiger partial charge in [-0.05, 0) is 39.0 Å². The summed E-state index contributed by atoms with van der Waals surface area (Å²) < 4.78 is 16.0. The lowest BCUT2D eigenvalue weighted by Crippen LogP contribution is -2.24. The molecule has 0 saturated heterocycles. The number of hydrogen-bond acceptors (Lipinski definition) is 9. The van der Waals surface area contributed by atoms with Crippen molar-refractivity contribution in [1.29, 1.82) is 0 Å². The van der Waals surface area contributed by atoms with Crippen molar-refractivity contribution in [3.63, 3.8) is 0 Å². The molecule has 3 rings (SSSR count). The zero-order valence-electron chi connectivity index (χ0n) is 16.7. The van der Waals surface area contributed by atoms with Crippen molar-refractivity contribution in [2.24, 2.45) is 0 Å². The maximum Gasteiger partial charge on any atom is 0.420 e. The number of carbonyl (C=O) groups excluding carboxylic acids is 3. The fraction of sp³-hybridized carbons (Fsp3) is 0.316. The molecule has 2 heterocycles. The molecular weight excluding hydrogens is 414 g/mol. The van der Waals surface area contributed by atoms with Crippen molar-refractivity contribution in [2.45, 2.75) is 33.4 Å². The van der Waals surface area contributed by atoms with Gasteiger partial charge in [0.2, 0.25) is 5.91 Å². The lowest BCUT2D eigenvalue weighted by Gasteiger charge is -2.05. The molecule has 0 saturated carbocycles. The Labute approximate surface area is 174 Å². The Balaban J connectivity index is 1.78. The number of amides is 1. The third-order valence-corrected chi connectivity index (χ3v) is 5.02. The van der Waals surface area contributed by atoms with Crippen LogP contribution in [0.15, 0.2) is 27.4 Å². The summed E-state index contributed by atoms with van der Waals surface area (Å²) in [5, 5.41) is 2.78. The average molecular weight is 433 g/mol. The van der Waals surface area contributed by atoms with Crippen molar-refractivity contribution >= 4 is 45.4 Å². The molecule has 0 aliphatic heterocycles. The highest BCUT2D eigenvalue weighted by atomic mass is 32.1. The van der Waals surface area contributed by atoms with Crippen LogP contribution in [0.25, 0.3) is 11.1 Å². The van der Waals surface area contributed by atoms with Crippen LogP contribution in [0, 0.1) is 6.92 Å². The van der Waals surface area contributed by atoms with Crippen molar-refractivity contribution in [2.75, 3.05) is 12.4 Å². The monoisotopic (exact) mass is 433 g/mol. The van der Waals surface area contributed by atoms with Gasteiger partial charge in [-0.2, -0.15) is 0 Å². The maximum absolute atomic E-state index is 12.4. The van der Waals surface area contributed by atoms with E-state index < -0.39 is 23.6 Å². The Morgan fingerprint density at radius 2 is 2.00 bits per heavy atom. The Hall–Kier alpha value is -3.47. The minimum atomic E-state index is -0.751. The van der Waals surface area contributed by atoms with Crippen LogP contribution < -0.4 is 11.1 Å². The van der Waals surface area contributed by atoms with Gasteiger partial charge in [-0.25, -0.2) is 19.4 Å². The normalized spacial score (nSPS) is 11.0. The van der Waals surface area contributed by atoms with Gasteiger partial charge in [0.25, 0.3) is 0 Å². The zero-order valence-corrected chi connectivity index (χ0v) is 17.5. The summed E-state index contributed by atoms with van der Waals surface area (Å²) in [7, 11) is 1.24. The topological polar surface area (TPSA) is 130 Å². The van der Waals surface area contributed by atoms with Gasteiger partial charge in [0.05, 0.1) is 30.0 Å². The molecule has 0 spiro atoms. The Morgan fingerprint density at radius 1 is 1.27 bits per heavy atom. The van der Waals surface area contributed by atoms with Crippen molar-refractivity contribution in [3.8, 4) is 0 Å². The second kappa shape index (κ2) is 8.49. The summed E-state index contributed by atoms with van der Waals surface area (Å²) in [5.74, 6) is -2.37. The van der Waals surface area contributed by atoms with Gasteiger partial charge >= 0.3 is 17.7 Å². The van der Waals surface area contributed by atoms with Gasteiger partial charge in [-0.3, -0.25) is 9.36 Å². The van der Waals surface area contributed by atoms with Crippen LogP contribution in [0.5, 0.6) is 0 Å². The standard InChI is InChI=1S/C19H19N3O7S/c1-9(2)28-17(25)15-10(3)20-18(30-15)21-14(23)8-22-12-6-5-11(16(24)27-4)7-13(12)29-19(22)26/h5-7,9H,8H2,1-4H3,(H,20,21,23). The molecule has 0 atom stereocenters. The minimum Gasteiger partial charge on any atom is -0.465 e. The van der Waals surface area contributed by atoms with Crippen molar-refractivity contribution in [1.82, 2.24) is 9.55 Å². The number of nitrogens with one attached hydrogen (secondary N) is 1. The predicted octanol–water partition coefficient (Wildman–Crippen LogP) is 2.35. The number of nitrogens with zero attached hydrogens (tertiary/aromatic N) is 2. The number of thiazole rings is 1. The number of esters is 2.